The Hall–Kier alpha value is -3.98. The molecule has 0 bridgehead atoms. The molecule has 5 rings (SSSR count). The zero-order chi connectivity index (χ0) is 22.8. The topological polar surface area (TPSA) is 82.8 Å². The van der Waals surface area contributed by atoms with Crippen molar-refractivity contribution in [3.05, 3.63) is 93.5 Å². The molecule has 2 aromatic carbocycles. The summed E-state index contributed by atoms with van der Waals surface area (Å²) >= 11 is 0. The van der Waals surface area contributed by atoms with Gasteiger partial charge in [-0.2, -0.15) is 0 Å². The number of hydrogen-bond donors (Lipinski definition) is 2. The third-order valence-electron chi connectivity index (χ3n) is 6.43. The van der Waals surface area contributed by atoms with Crippen LogP contribution in [0.1, 0.15) is 46.5 Å². The summed E-state index contributed by atoms with van der Waals surface area (Å²) in [5.74, 6) is 6.18. The first kappa shape index (κ1) is 20.9. The minimum absolute atomic E-state index is 0.115. The van der Waals surface area contributed by atoms with Crippen LogP contribution in [-0.4, -0.2) is 29.0 Å². The van der Waals surface area contributed by atoms with Crippen molar-refractivity contribution in [2.24, 2.45) is 5.41 Å². The van der Waals surface area contributed by atoms with Gasteiger partial charge in [0.15, 0.2) is 5.76 Å². The predicted octanol–water partition coefficient (Wildman–Crippen LogP) is 3.98. The number of amides is 1. The second kappa shape index (κ2) is 8.51. The number of hydrogen-bond acceptors (Lipinski definition) is 5. The standard InChI is InChI=1S/C27H24N2O4/c30-23-11-16-33-24(25(23)31)17-28-22-9-5-20(6-10-22)2-1-19-3-7-21(8-4-19)26(32)29-15-14-27(18-29)12-13-27/h3-11,16,28,31H,12-15,17-18H2. The van der Waals surface area contributed by atoms with Crippen molar-refractivity contribution in [1.82, 2.24) is 4.90 Å². The largest absolute Gasteiger partial charge is 0.502 e. The van der Waals surface area contributed by atoms with Crippen LogP contribution >= 0.6 is 0 Å². The molecule has 6 heteroatoms. The number of nitrogens with one attached hydrogen (secondary N) is 1. The summed E-state index contributed by atoms with van der Waals surface area (Å²) in [6, 6.07) is 16.2. The first-order valence-electron chi connectivity index (χ1n) is 11.1. The highest BCUT2D eigenvalue weighted by Crippen LogP contribution is 2.52. The molecule has 1 saturated carbocycles. The smallest absolute Gasteiger partial charge is 0.253 e. The molecule has 1 spiro atoms. The number of aromatic hydroxyl groups is 1. The molecule has 33 heavy (non-hydrogen) atoms. The zero-order valence-electron chi connectivity index (χ0n) is 18.1. The van der Waals surface area contributed by atoms with E-state index in [1.807, 2.05) is 53.4 Å². The lowest BCUT2D eigenvalue weighted by atomic mass is 10.1. The molecule has 2 fully saturated rings. The van der Waals surface area contributed by atoms with Crippen LogP contribution < -0.4 is 10.7 Å². The lowest BCUT2D eigenvalue weighted by molar-refractivity contribution is 0.0785. The van der Waals surface area contributed by atoms with E-state index in [1.54, 1.807) is 0 Å². The van der Waals surface area contributed by atoms with Crippen molar-refractivity contribution in [3.63, 3.8) is 0 Å². The van der Waals surface area contributed by atoms with Crippen molar-refractivity contribution in [2.75, 3.05) is 18.4 Å². The molecule has 0 atom stereocenters. The van der Waals surface area contributed by atoms with Crippen LogP contribution in [0.3, 0.4) is 0 Å². The fourth-order valence-electron chi connectivity index (χ4n) is 4.15. The number of carbonyl (C=O) groups is 1. The van der Waals surface area contributed by atoms with Crippen molar-refractivity contribution in [2.45, 2.75) is 25.8 Å². The Balaban J connectivity index is 1.18. The van der Waals surface area contributed by atoms with E-state index in [0.29, 0.717) is 11.0 Å². The molecule has 2 N–H and O–H groups in total. The van der Waals surface area contributed by atoms with Gasteiger partial charge < -0.3 is 19.7 Å². The maximum atomic E-state index is 12.7. The molecule has 0 radical (unpaired) electrons. The summed E-state index contributed by atoms with van der Waals surface area (Å²) in [6.07, 6.45) is 4.92. The van der Waals surface area contributed by atoms with Crippen molar-refractivity contribution in [3.8, 4) is 17.6 Å². The van der Waals surface area contributed by atoms with E-state index in [4.69, 9.17) is 4.42 Å². The van der Waals surface area contributed by atoms with Gasteiger partial charge >= 0.3 is 0 Å². The quantitative estimate of drug-likeness (QED) is 0.600. The Morgan fingerprint density at radius 1 is 1.00 bits per heavy atom. The number of benzene rings is 2. The summed E-state index contributed by atoms with van der Waals surface area (Å²) in [5.41, 5.74) is 3.19. The van der Waals surface area contributed by atoms with Crippen molar-refractivity contribution < 1.29 is 14.3 Å². The van der Waals surface area contributed by atoms with E-state index in [1.165, 1.54) is 25.2 Å². The SMILES string of the molecule is O=C(c1ccc(C#Cc2ccc(NCc3occc(=O)c3O)cc2)cc1)N1CCC2(CC2)C1. The van der Waals surface area contributed by atoms with Gasteiger partial charge in [0.25, 0.3) is 5.91 Å². The lowest BCUT2D eigenvalue weighted by Crippen LogP contribution is -2.28. The van der Waals surface area contributed by atoms with Gasteiger partial charge in [-0.3, -0.25) is 9.59 Å². The van der Waals surface area contributed by atoms with E-state index in [0.717, 1.165) is 36.3 Å². The Morgan fingerprint density at radius 3 is 2.30 bits per heavy atom. The molecule has 1 amide bonds. The van der Waals surface area contributed by atoms with Gasteiger partial charge in [0, 0.05) is 41.5 Å². The number of rotatable bonds is 4. The van der Waals surface area contributed by atoms with Gasteiger partial charge in [0.2, 0.25) is 11.2 Å². The highest BCUT2D eigenvalue weighted by atomic mass is 16.4. The first-order valence-corrected chi connectivity index (χ1v) is 11.1. The highest BCUT2D eigenvalue weighted by Gasteiger charge is 2.48. The molecule has 1 aromatic heterocycles. The van der Waals surface area contributed by atoms with E-state index < -0.39 is 5.43 Å². The molecule has 2 aliphatic rings. The van der Waals surface area contributed by atoms with E-state index in [2.05, 4.69) is 17.2 Å². The van der Waals surface area contributed by atoms with Crippen LogP contribution in [0.15, 0.2) is 70.1 Å². The Kier molecular flexibility index (Phi) is 5.39. The molecule has 1 aliphatic carbocycles. The van der Waals surface area contributed by atoms with Crippen LogP contribution in [0.2, 0.25) is 0 Å². The van der Waals surface area contributed by atoms with Gasteiger partial charge in [-0.1, -0.05) is 11.8 Å². The second-order valence-electron chi connectivity index (χ2n) is 8.79. The van der Waals surface area contributed by atoms with E-state index >= 15 is 0 Å². The summed E-state index contributed by atoms with van der Waals surface area (Å²) in [5, 5.41) is 12.8. The van der Waals surface area contributed by atoms with Crippen LogP contribution in [0.25, 0.3) is 0 Å². The third kappa shape index (κ3) is 4.63. The summed E-state index contributed by atoms with van der Waals surface area (Å²) in [4.78, 5) is 26.1. The number of likely N-dealkylation sites (tertiary alicyclic amines) is 1. The zero-order valence-corrected chi connectivity index (χ0v) is 18.1. The maximum Gasteiger partial charge on any atom is 0.253 e. The monoisotopic (exact) mass is 440 g/mol. The predicted molar refractivity (Wildman–Crippen MR) is 125 cm³/mol. The first-order chi connectivity index (χ1) is 16.0. The highest BCUT2D eigenvalue weighted by molar-refractivity contribution is 5.94. The molecule has 2 heterocycles. The number of nitrogens with zero attached hydrogens (tertiary/aromatic N) is 1. The third-order valence-corrected chi connectivity index (χ3v) is 6.43. The fraction of sp³-hybridized carbons (Fsp3) is 0.259. The molecular weight excluding hydrogens is 416 g/mol. The normalized spacial score (nSPS) is 15.7. The summed E-state index contributed by atoms with van der Waals surface area (Å²) in [7, 11) is 0. The molecule has 166 valence electrons. The molecule has 1 aliphatic heterocycles. The minimum Gasteiger partial charge on any atom is -0.502 e. The van der Waals surface area contributed by atoms with E-state index in [9.17, 15) is 14.7 Å². The van der Waals surface area contributed by atoms with E-state index in [-0.39, 0.29) is 24.0 Å². The molecule has 6 nitrogen and oxygen atoms in total. The van der Waals surface area contributed by atoms with Crippen LogP contribution in [0.5, 0.6) is 5.75 Å². The van der Waals surface area contributed by atoms with Crippen LogP contribution in [0, 0.1) is 17.3 Å². The second-order valence-corrected chi connectivity index (χ2v) is 8.79. The molecule has 3 aromatic rings. The molecule has 0 unspecified atom stereocenters. The van der Waals surface area contributed by atoms with Gasteiger partial charge in [-0.15, -0.1) is 0 Å². The minimum atomic E-state index is -0.469. The average Bonchev–Trinajstić information content (AvgIpc) is 3.47. The summed E-state index contributed by atoms with van der Waals surface area (Å²) < 4.78 is 5.18. The number of anilines is 1. The Morgan fingerprint density at radius 2 is 1.67 bits per heavy atom. The Labute approximate surface area is 191 Å². The van der Waals surface area contributed by atoms with Crippen LogP contribution in [0.4, 0.5) is 5.69 Å². The maximum absolute atomic E-state index is 12.7. The van der Waals surface area contributed by atoms with Gasteiger partial charge in [-0.25, -0.2) is 0 Å². The Bertz CT molecular complexity index is 1290. The van der Waals surface area contributed by atoms with Gasteiger partial charge in [0.05, 0.1) is 12.8 Å². The average molecular weight is 440 g/mol. The fourth-order valence-corrected chi connectivity index (χ4v) is 4.15. The van der Waals surface area contributed by atoms with Crippen molar-refractivity contribution >= 4 is 11.6 Å². The molecular formula is C27H24N2O4. The summed E-state index contributed by atoms with van der Waals surface area (Å²) in [6.45, 7) is 1.96. The lowest BCUT2D eigenvalue weighted by Gasteiger charge is -2.16. The molecule has 1 saturated heterocycles. The number of carbonyl (C=O) groups excluding carboxylic acids is 1. The van der Waals surface area contributed by atoms with Crippen LogP contribution in [-0.2, 0) is 6.54 Å². The van der Waals surface area contributed by atoms with Gasteiger partial charge in [-0.05, 0) is 73.2 Å². The van der Waals surface area contributed by atoms with Gasteiger partial charge in [0.1, 0.15) is 0 Å². The van der Waals surface area contributed by atoms with Crippen molar-refractivity contribution in [1.29, 1.82) is 0 Å².